The van der Waals surface area contributed by atoms with Crippen LogP contribution in [0.15, 0.2) is 30.5 Å². The first-order chi connectivity index (χ1) is 11.1. The van der Waals surface area contributed by atoms with E-state index >= 15 is 0 Å². The van der Waals surface area contributed by atoms with E-state index in [9.17, 15) is 10.1 Å². The Bertz CT molecular complexity index is 751. The predicted octanol–water partition coefficient (Wildman–Crippen LogP) is 4.28. The Hall–Kier alpha value is -2.34. The molecule has 1 unspecified atom stereocenters. The molecule has 6 nitrogen and oxygen atoms in total. The summed E-state index contributed by atoms with van der Waals surface area (Å²) in [6, 6.07) is 7.35. The van der Waals surface area contributed by atoms with Gasteiger partial charge in [-0.1, -0.05) is 23.7 Å². The molecule has 0 saturated heterocycles. The summed E-state index contributed by atoms with van der Waals surface area (Å²) >= 11 is 6.22. The van der Waals surface area contributed by atoms with E-state index in [0.29, 0.717) is 28.8 Å². The molecule has 1 atom stereocenters. The maximum Gasteiger partial charge on any atom is 0.290 e. The average Bonchev–Trinajstić information content (AvgIpc) is 2.71. The molecule has 0 fully saturated rings. The van der Waals surface area contributed by atoms with E-state index in [2.05, 4.69) is 10.3 Å². The number of benzene rings is 1. The van der Waals surface area contributed by atoms with Gasteiger partial charge in [0.05, 0.1) is 22.6 Å². The summed E-state index contributed by atoms with van der Waals surface area (Å²) in [5.41, 5.74) is 1.57. The first-order valence-corrected chi connectivity index (χ1v) is 7.73. The summed E-state index contributed by atoms with van der Waals surface area (Å²) in [5, 5.41) is 14.8. The van der Waals surface area contributed by atoms with Crippen LogP contribution in [-0.4, -0.2) is 16.5 Å². The third kappa shape index (κ3) is 3.22. The number of aromatic nitrogens is 1. The Morgan fingerprint density at radius 1 is 1.48 bits per heavy atom. The molecule has 0 saturated carbocycles. The molecule has 0 amide bonds. The molecule has 1 N–H and O–H groups in total. The van der Waals surface area contributed by atoms with E-state index in [1.165, 1.54) is 6.20 Å². The van der Waals surface area contributed by atoms with Crippen molar-refractivity contribution in [1.29, 1.82) is 0 Å². The van der Waals surface area contributed by atoms with Crippen LogP contribution in [0.3, 0.4) is 0 Å². The molecule has 0 radical (unpaired) electrons. The molecule has 2 aromatic rings. The summed E-state index contributed by atoms with van der Waals surface area (Å²) in [6.07, 6.45) is 3.03. The first kappa shape index (κ1) is 15.6. The van der Waals surface area contributed by atoms with Crippen molar-refractivity contribution >= 4 is 23.1 Å². The Morgan fingerprint density at radius 3 is 3.04 bits per heavy atom. The maximum atomic E-state index is 10.9. The largest absolute Gasteiger partial charge is 0.492 e. The molecule has 23 heavy (non-hydrogen) atoms. The molecule has 7 heteroatoms. The zero-order valence-electron chi connectivity index (χ0n) is 12.6. The monoisotopic (exact) mass is 333 g/mol. The Kier molecular flexibility index (Phi) is 4.34. The van der Waals surface area contributed by atoms with Gasteiger partial charge in [0.1, 0.15) is 17.8 Å². The van der Waals surface area contributed by atoms with Crippen molar-refractivity contribution in [2.45, 2.75) is 25.8 Å². The van der Waals surface area contributed by atoms with Crippen molar-refractivity contribution in [3.8, 4) is 5.75 Å². The Labute approximate surface area is 138 Å². The van der Waals surface area contributed by atoms with E-state index in [4.69, 9.17) is 16.3 Å². The quantitative estimate of drug-likeness (QED) is 0.670. The molecule has 0 aliphatic carbocycles. The van der Waals surface area contributed by atoms with Crippen molar-refractivity contribution in [3.05, 3.63) is 56.7 Å². The third-order valence-electron chi connectivity index (χ3n) is 3.86. The van der Waals surface area contributed by atoms with E-state index in [-0.39, 0.29) is 11.7 Å². The molecule has 1 aromatic heterocycles. The van der Waals surface area contributed by atoms with Gasteiger partial charge < -0.3 is 10.1 Å². The van der Waals surface area contributed by atoms with Crippen molar-refractivity contribution in [1.82, 2.24) is 4.98 Å². The van der Waals surface area contributed by atoms with Crippen LogP contribution in [0.2, 0.25) is 5.02 Å². The van der Waals surface area contributed by atoms with Crippen molar-refractivity contribution < 1.29 is 9.66 Å². The van der Waals surface area contributed by atoms with Crippen LogP contribution in [0.4, 0.5) is 11.5 Å². The molecular weight excluding hydrogens is 318 g/mol. The average molecular weight is 334 g/mol. The number of hydrogen-bond donors (Lipinski definition) is 1. The molecule has 120 valence electrons. The number of ether oxygens (including phenoxy) is 1. The predicted molar refractivity (Wildman–Crippen MR) is 88.2 cm³/mol. The second kappa shape index (κ2) is 6.42. The number of aryl methyl sites for hydroxylation is 1. The van der Waals surface area contributed by atoms with E-state index in [1.54, 1.807) is 19.1 Å². The number of rotatable bonds is 3. The van der Waals surface area contributed by atoms with Gasteiger partial charge in [-0.25, -0.2) is 4.98 Å². The minimum absolute atomic E-state index is 0.000411. The van der Waals surface area contributed by atoms with Gasteiger partial charge in [0.15, 0.2) is 0 Å². The Morgan fingerprint density at radius 2 is 2.30 bits per heavy atom. The normalized spacial score (nSPS) is 16.9. The molecule has 3 rings (SSSR count). The fourth-order valence-corrected chi connectivity index (χ4v) is 2.95. The fourth-order valence-electron chi connectivity index (χ4n) is 2.72. The van der Waals surface area contributed by atoms with E-state index in [0.717, 1.165) is 18.4 Å². The summed E-state index contributed by atoms with van der Waals surface area (Å²) in [5.74, 6) is 1.30. The highest BCUT2D eigenvalue weighted by Gasteiger charge is 2.22. The molecule has 1 aromatic carbocycles. The van der Waals surface area contributed by atoms with Crippen LogP contribution in [-0.2, 0) is 0 Å². The van der Waals surface area contributed by atoms with Crippen LogP contribution < -0.4 is 10.1 Å². The second-order valence-corrected chi connectivity index (χ2v) is 5.87. The lowest BCUT2D eigenvalue weighted by molar-refractivity contribution is -0.385. The minimum atomic E-state index is -0.430. The number of fused-ring (bicyclic) bond motifs is 1. The molecule has 2 heterocycles. The van der Waals surface area contributed by atoms with Crippen molar-refractivity contribution in [2.75, 3.05) is 11.9 Å². The molecule has 0 spiro atoms. The summed E-state index contributed by atoms with van der Waals surface area (Å²) in [6.45, 7) is 2.31. The number of hydrogen-bond acceptors (Lipinski definition) is 5. The second-order valence-electron chi connectivity index (χ2n) is 5.46. The summed E-state index contributed by atoms with van der Waals surface area (Å²) in [7, 11) is 0. The van der Waals surface area contributed by atoms with Crippen LogP contribution in [0.1, 0.15) is 30.0 Å². The van der Waals surface area contributed by atoms with Gasteiger partial charge in [-0.2, -0.15) is 0 Å². The zero-order chi connectivity index (χ0) is 16.4. The minimum Gasteiger partial charge on any atom is -0.492 e. The van der Waals surface area contributed by atoms with Crippen molar-refractivity contribution in [2.24, 2.45) is 0 Å². The van der Waals surface area contributed by atoms with Crippen LogP contribution >= 0.6 is 11.6 Å². The number of anilines is 1. The van der Waals surface area contributed by atoms with Gasteiger partial charge in [0, 0.05) is 11.1 Å². The lowest BCUT2D eigenvalue weighted by atomic mass is 10.0. The summed E-state index contributed by atoms with van der Waals surface area (Å²) < 4.78 is 5.74. The van der Waals surface area contributed by atoms with Gasteiger partial charge in [-0.3, -0.25) is 10.1 Å². The molecular formula is C16H16ClN3O3. The number of pyridine rings is 1. The van der Waals surface area contributed by atoms with Gasteiger partial charge in [-0.05, 0) is 31.9 Å². The number of halogens is 1. The first-order valence-electron chi connectivity index (χ1n) is 7.35. The van der Waals surface area contributed by atoms with E-state index in [1.807, 2.05) is 12.1 Å². The summed E-state index contributed by atoms with van der Waals surface area (Å²) in [4.78, 5) is 14.6. The Balaban J connectivity index is 1.90. The van der Waals surface area contributed by atoms with Gasteiger partial charge in [0.2, 0.25) is 0 Å². The zero-order valence-corrected chi connectivity index (χ0v) is 13.3. The van der Waals surface area contributed by atoms with Gasteiger partial charge >= 0.3 is 0 Å². The van der Waals surface area contributed by atoms with Crippen LogP contribution in [0.5, 0.6) is 5.75 Å². The molecule has 1 aliphatic rings. The molecule has 1 aliphatic heterocycles. The van der Waals surface area contributed by atoms with Gasteiger partial charge in [-0.15, -0.1) is 0 Å². The highest BCUT2D eigenvalue weighted by atomic mass is 35.5. The number of nitrogens with one attached hydrogen (secondary N) is 1. The third-order valence-corrected chi connectivity index (χ3v) is 4.16. The van der Waals surface area contributed by atoms with Crippen LogP contribution in [0.25, 0.3) is 0 Å². The van der Waals surface area contributed by atoms with E-state index < -0.39 is 4.92 Å². The number of nitro groups is 1. The highest BCUT2D eigenvalue weighted by Crippen LogP contribution is 2.38. The fraction of sp³-hybridized carbons (Fsp3) is 0.312. The maximum absolute atomic E-state index is 10.9. The SMILES string of the molecule is Cc1cc(NC2CCCOc3c(Cl)cccc32)ncc1[N+](=O)[O-]. The smallest absolute Gasteiger partial charge is 0.290 e. The molecule has 0 bridgehead atoms. The topological polar surface area (TPSA) is 77.3 Å². The number of para-hydroxylation sites is 1. The lowest BCUT2D eigenvalue weighted by Gasteiger charge is -2.19. The van der Waals surface area contributed by atoms with Crippen LogP contribution in [0, 0.1) is 17.0 Å². The highest BCUT2D eigenvalue weighted by molar-refractivity contribution is 6.32. The van der Waals surface area contributed by atoms with Gasteiger partial charge in [0.25, 0.3) is 5.69 Å². The van der Waals surface area contributed by atoms with Crippen molar-refractivity contribution in [3.63, 3.8) is 0 Å². The lowest BCUT2D eigenvalue weighted by Crippen LogP contribution is -2.11. The number of nitrogens with zero attached hydrogens (tertiary/aromatic N) is 2. The standard InChI is InChI=1S/C16H16ClN3O3/c1-10-8-15(18-9-14(10)20(21)22)19-13-6-3-7-23-16-11(13)4-2-5-12(16)17/h2,4-5,8-9,13H,3,6-7H2,1H3,(H,18,19).